The van der Waals surface area contributed by atoms with Crippen LogP contribution in [0.3, 0.4) is 0 Å². The van der Waals surface area contributed by atoms with Crippen LogP contribution in [-0.4, -0.2) is 28.8 Å². The Morgan fingerprint density at radius 2 is 2.17 bits per heavy atom. The van der Waals surface area contributed by atoms with E-state index in [-0.39, 0.29) is 6.03 Å². The van der Waals surface area contributed by atoms with Gasteiger partial charge in [-0.1, -0.05) is 24.4 Å². The summed E-state index contributed by atoms with van der Waals surface area (Å²) in [5.74, 6) is 1.18. The van der Waals surface area contributed by atoms with E-state index >= 15 is 0 Å². The highest BCUT2D eigenvalue weighted by Crippen LogP contribution is 2.17. The predicted molar refractivity (Wildman–Crippen MR) is 66.1 cm³/mol. The summed E-state index contributed by atoms with van der Waals surface area (Å²) < 4.78 is 4.85. The van der Waals surface area contributed by atoms with Crippen LogP contribution in [0.2, 0.25) is 0 Å². The SMILES string of the molecule is Cc1nc(CCNC(=O)NC2CCCCC2)no1. The van der Waals surface area contributed by atoms with Crippen LogP contribution in [0.25, 0.3) is 0 Å². The topological polar surface area (TPSA) is 80.0 Å². The number of urea groups is 1. The Labute approximate surface area is 107 Å². The third kappa shape index (κ3) is 4.01. The second-order valence-corrected chi connectivity index (χ2v) is 4.71. The highest BCUT2D eigenvalue weighted by Gasteiger charge is 2.15. The first kappa shape index (κ1) is 12.9. The number of carbonyl (C=O) groups excluding carboxylic acids is 1. The van der Waals surface area contributed by atoms with Gasteiger partial charge in [0, 0.05) is 25.9 Å². The van der Waals surface area contributed by atoms with Crippen molar-refractivity contribution in [3.05, 3.63) is 11.7 Å². The molecule has 1 fully saturated rings. The monoisotopic (exact) mass is 252 g/mol. The second kappa shape index (κ2) is 6.37. The number of amides is 2. The van der Waals surface area contributed by atoms with Crippen LogP contribution in [0.5, 0.6) is 0 Å². The molecule has 1 aromatic rings. The first-order valence-electron chi connectivity index (χ1n) is 6.57. The van der Waals surface area contributed by atoms with E-state index in [4.69, 9.17) is 4.52 Å². The van der Waals surface area contributed by atoms with Crippen molar-refractivity contribution in [1.82, 2.24) is 20.8 Å². The molecule has 1 aliphatic rings. The molecule has 0 bridgehead atoms. The molecule has 2 rings (SSSR count). The number of aromatic nitrogens is 2. The molecule has 2 N–H and O–H groups in total. The van der Waals surface area contributed by atoms with Crippen LogP contribution < -0.4 is 10.6 Å². The van der Waals surface area contributed by atoms with E-state index in [1.807, 2.05) is 0 Å². The van der Waals surface area contributed by atoms with E-state index in [1.54, 1.807) is 6.92 Å². The maximum Gasteiger partial charge on any atom is 0.315 e. The highest BCUT2D eigenvalue weighted by atomic mass is 16.5. The fraction of sp³-hybridized carbons (Fsp3) is 0.750. The average Bonchev–Trinajstić information content (AvgIpc) is 2.76. The number of aryl methyl sites for hydroxylation is 1. The first-order chi connectivity index (χ1) is 8.74. The number of hydrogen-bond donors (Lipinski definition) is 2. The van der Waals surface area contributed by atoms with Gasteiger partial charge in [-0.05, 0) is 12.8 Å². The fourth-order valence-corrected chi connectivity index (χ4v) is 2.21. The average molecular weight is 252 g/mol. The third-order valence-electron chi connectivity index (χ3n) is 3.14. The molecular formula is C12H20N4O2. The summed E-state index contributed by atoms with van der Waals surface area (Å²) in [4.78, 5) is 15.7. The molecule has 0 spiro atoms. The Morgan fingerprint density at radius 3 is 2.83 bits per heavy atom. The summed E-state index contributed by atoms with van der Waals surface area (Å²) >= 11 is 0. The normalized spacial score (nSPS) is 16.5. The van der Waals surface area contributed by atoms with Gasteiger partial charge in [0.25, 0.3) is 0 Å². The van der Waals surface area contributed by atoms with Gasteiger partial charge in [-0.25, -0.2) is 4.79 Å². The van der Waals surface area contributed by atoms with Crippen molar-refractivity contribution in [2.45, 2.75) is 51.5 Å². The van der Waals surface area contributed by atoms with Crippen LogP contribution >= 0.6 is 0 Å². The van der Waals surface area contributed by atoms with Crippen LogP contribution in [-0.2, 0) is 6.42 Å². The van der Waals surface area contributed by atoms with Gasteiger partial charge in [-0.2, -0.15) is 4.98 Å². The number of nitrogens with zero attached hydrogens (tertiary/aromatic N) is 2. The van der Waals surface area contributed by atoms with Gasteiger partial charge in [0.1, 0.15) is 0 Å². The number of nitrogens with one attached hydrogen (secondary N) is 2. The Bertz CT molecular complexity index is 385. The van der Waals surface area contributed by atoms with E-state index in [1.165, 1.54) is 19.3 Å². The maximum atomic E-state index is 11.6. The molecule has 0 radical (unpaired) electrons. The van der Waals surface area contributed by atoms with Crippen molar-refractivity contribution in [1.29, 1.82) is 0 Å². The molecule has 2 amide bonds. The number of hydrogen-bond acceptors (Lipinski definition) is 4. The summed E-state index contributed by atoms with van der Waals surface area (Å²) in [5, 5.41) is 9.58. The van der Waals surface area contributed by atoms with Crippen LogP contribution in [0.1, 0.15) is 43.8 Å². The van der Waals surface area contributed by atoms with E-state index in [0.29, 0.717) is 30.7 Å². The van der Waals surface area contributed by atoms with Crippen molar-refractivity contribution in [2.75, 3.05) is 6.54 Å². The molecule has 100 valence electrons. The molecule has 0 aliphatic heterocycles. The molecule has 1 aromatic heterocycles. The first-order valence-corrected chi connectivity index (χ1v) is 6.57. The smallest absolute Gasteiger partial charge is 0.315 e. The zero-order valence-corrected chi connectivity index (χ0v) is 10.7. The minimum absolute atomic E-state index is 0.0953. The van der Waals surface area contributed by atoms with E-state index in [0.717, 1.165) is 12.8 Å². The third-order valence-corrected chi connectivity index (χ3v) is 3.14. The predicted octanol–water partition coefficient (Wildman–Crippen LogP) is 1.55. The Morgan fingerprint density at radius 1 is 1.39 bits per heavy atom. The standard InChI is InChI=1S/C12H20N4O2/c1-9-14-11(16-18-9)7-8-13-12(17)15-10-5-3-2-4-6-10/h10H,2-8H2,1H3,(H2,13,15,17). The van der Waals surface area contributed by atoms with Crippen molar-refractivity contribution < 1.29 is 9.32 Å². The quantitative estimate of drug-likeness (QED) is 0.852. The molecule has 1 heterocycles. The lowest BCUT2D eigenvalue weighted by atomic mass is 9.96. The molecule has 1 aliphatic carbocycles. The van der Waals surface area contributed by atoms with Gasteiger partial charge in [-0.15, -0.1) is 0 Å². The molecule has 1 saturated carbocycles. The van der Waals surface area contributed by atoms with Gasteiger partial charge < -0.3 is 15.2 Å². The summed E-state index contributed by atoms with van der Waals surface area (Å²) in [6, 6.07) is 0.244. The van der Waals surface area contributed by atoms with Crippen LogP contribution in [0.15, 0.2) is 4.52 Å². The molecule has 0 unspecified atom stereocenters. The lowest BCUT2D eigenvalue weighted by molar-refractivity contribution is 0.232. The summed E-state index contributed by atoms with van der Waals surface area (Å²) in [6.45, 7) is 2.28. The molecule has 6 heteroatoms. The lowest BCUT2D eigenvalue weighted by Gasteiger charge is -2.22. The summed E-state index contributed by atoms with van der Waals surface area (Å²) in [7, 11) is 0. The van der Waals surface area contributed by atoms with Crippen molar-refractivity contribution in [3.8, 4) is 0 Å². The van der Waals surface area contributed by atoms with E-state index in [9.17, 15) is 4.79 Å². The number of rotatable bonds is 4. The second-order valence-electron chi connectivity index (χ2n) is 4.71. The van der Waals surface area contributed by atoms with Crippen molar-refractivity contribution in [2.24, 2.45) is 0 Å². The Hall–Kier alpha value is -1.59. The Balaban J connectivity index is 1.62. The maximum absolute atomic E-state index is 11.6. The van der Waals surface area contributed by atoms with Crippen molar-refractivity contribution in [3.63, 3.8) is 0 Å². The highest BCUT2D eigenvalue weighted by molar-refractivity contribution is 5.74. The minimum atomic E-state index is -0.0953. The fourth-order valence-electron chi connectivity index (χ4n) is 2.21. The number of carbonyl (C=O) groups is 1. The molecule has 18 heavy (non-hydrogen) atoms. The van der Waals surface area contributed by atoms with Crippen molar-refractivity contribution >= 4 is 6.03 Å². The zero-order valence-electron chi connectivity index (χ0n) is 10.7. The minimum Gasteiger partial charge on any atom is -0.340 e. The molecule has 0 aromatic carbocycles. The molecular weight excluding hydrogens is 232 g/mol. The van der Waals surface area contributed by atoms with Gasteiger partial charge in [-0.3, -0.25) is 0 Å². The van der Waals surface area contributed by atoms with E-state index < -0.39 is 0 Å². The molecule has 0 saturated heterocycles. The summed E-state index contributed by atoms with van der Waals surface area (Å²) in [5.41, 5.74) is 0. The molecule has 6 nitrogen and oxygen atoms in total. The van der Waals surface area contributed by atoms with Gasteiger partial charge in [0.15, 0.2) is 5.82 Å². The van der Waals surface area contributed by atoms with Gasteiger partial charge >= 0.3 is 6.03 Å². The molecule has 0 atom stereocenters. The van der Waals surface area contributed by atoms with E-state index in [2.05, 4.69) is 20.8 Å². The van der Waals surface area contributed by atoms with Gasteiger partial charge in [0.2, 0.25) is 5.89 Å². The zero-order chi connectivity index (χ0) is 12.8. The Kier molecular flexibility index (Phi) is 4.55. The van der Waals surface area contributed by atoms with Gasteiger partial charge in [0.05, 0.1) is 0 Å². The summed E-state index contributed by atoms with van der Waals surface area (Å²) in [6.07, 6.45) is 6.50. The largest absolute Gasteiger partial charge is 0.340 e. The van der Waals surface area contributed by atoms with Crippen LogP contribution in [0, 0.1) is 6.92 Å². The lowest BCUT2D eigenvalue weighted by Crippen LogP contribution is -2.43. The van der Waals surface area contributed by atoms with Crippen LogP contribution in [0.4, 0.5) is 4.79 Å².